The summed E-state index contributed by atoms with van der Waals surface area (Å²) in [6.45, 7) is 4.50. The Morgan fingerprint density at radius 1 is 1.07 bits per heavy atom. The van der Waals surface area contributed by atoms with Crippen LogP contribution in [0.2, 0.25) is 0 Å². The molecule has 2 N–H and O–H groups in total. The molecule has 5 rings (SSSR count). The highest BCUT2D eigenvalue weighted by molar-refractivity contribution is 8.15. The Labute approximate surface area is 242 Å². The molecule has 0 aliphatic carbocycles. The molecule has 0 radical (unpaired) electrons. The lowest BCUT2D eigenvalue weighted by Gasteiger charge is -2.27. The van der Waals surface area contributed by atoms with Gasteiger partial charge in [-0.25, -0.2) is 9.89 Å². The number of nitrogens with one attached hydrogen (secondary N) is 2. The number of hydrogen-bond acceptors (Lipinski definition) is 7. The molecule has 0 spiro atoms. The summed E-state index contributed by atoms with van der Waals surface area (Å²) in [7, 11) is 0. The van der Waals surface area contributed by atoms with Gasteiger partial charge in [0.05, 0.1) is 17.5 Å². The summed E-state index contributed by atoms with van der Waals surface area (Å²) in [4.78, 5) is 51.4. The molecule has 2 aliphatic heterocycles. The third-order valence-electron chi connectivity index (χ3n) is 6.77. The summed E-state index contributed by atoms with van der Waals surface area (Å²) < 4.78 is 0. The van der Waals surface area contributed by atoms with Crippen LogP contribution in [0.1, 0.15) is 49.1 Å². The lowest BCUT2D eigenvalue weighted by atomic mass is 10.1. The second-order valence-electron chi connectivity index (χ2n) is 9.50. The van der Waals surface area contributed by atoms with E-state index in [-0.39, 0.29) is 24.1 Å². The highest BCUT2D eigenvalue weighted by atomic mass is 32.2. The number of amides is 3. The minimum atomic E-state index is -0.689. The normalized spacial score (nSPS) is 16.5. The molecule has 0 saturated heterocycles. The van der Waals surface area contributed by atoms with Gasteiger partial charge in [-0.3, -0.25) is 19.4 Å². The van der Waals surface area contributed by atoms with Crippen LogP contribution in [0.3, 0.4) is 0 Å². The Hall–Kier alpha value is -3.76. The molecular weight excluding hydrogens is 542 g/mol. The van der Waals surface area contributed by atoms with E-state index >= 15 is 0 Å². The molecular formula is C30H31N5O3S2. The van der Waals surface area contributed by atoms with Crippen molar-refractivity contribution in [2.45, 2.75) is 57.4 Å². The second-order valence-corrected chi connectivity index (χ2v) is 11.7. The van der Waals surface area contributed by atoms with Crippen LogP contribution >= 0.6 is 23.1 Å². The van der Waals surface area contributed by atoms with Crippen molar-refractivity contribution in [3.63, 3.8) is 0 Å². The van der Waals surface area contributed by atoms with E-state index in [0.717, 1.165) is 22.5 Å². The first-order chi connectivity index (χ1) is 19.5. The molecule has 0 unspecified atom stereocenters. The number of carbonyl (C=O) groups excluding carboxylic acids is 3. The molecule has 206 valence electrons. The third kappa shape index (κ3) is 6.18. The number of carbonyl (C=O) groups is 3. The molecule has 3 amide bonds. The number of thioether (sulfide) groups is 1. The van der Waals surface area contributed by atoms with Crippen molar-refractivity contribution < 1.29 is 14.4 Å². The minimum absolute atomic E-state index is 0.121. The zero-order valence-corrected chi connectivity index (χ0v) is 24.1. The van der Waals surface area contributed by atoms with Crippen molar-refractivity contribution in [2.75, 3.05) is 5.32 Å². The summed E-state index contributed by atoms with van der Waals surface area (Å²) in [6, 6.07) is 18.6. The van der Waals surface area contributed by atoms with E-state index in [4.69, 9.17) is 9.98 Å². The molecule has 10 heteroatoms. The minimum Gasteiger partial charge on any atom is -0.351 e. The quantitative estimate of drug-likeness (QED) is 0.334. The topological polar surface area (TPSA) is 103 Å². The second kappa shape index (κ2) is 12.6. The van der Waals surface area contributed by atoms with Crippen molar-refractivity contribution in [3.8, 4) is 0 Å². The Morgan fingerprint density at radius 3 is 2.60 bits per heavy atom. The van der Waals surface area contributed by atoms with Crippen molar-refractivity contribution in [2.24, 2.45) is 9.98 Å². The third-order valence-corrected chi connectivity index (χ3v) is 8.97. The standard InChI is InChI=1S/C30H31N5O3S2/c1-3-19-11-13-20(14-12-19)32-28(37)25(4-2)40-30-34-23-10-6-5-9-22(23)27-33-24(29(38)35(27)30)15-16-26(36)31-18-21-8-7-17-39-21/h5-14,17,24-25H,3-4,15-16,18H2,1-2H3,(H,31,36)(H,32,37)/t24-,25+/m1/s1. The highest BCUT2D eigenvalue weighted by Gasteiger charge is 2.42. The first-order valence-corrected chi connectivity index (χ1v) is 15.2. The zero-order chi connectivity index (χ0) is 28.1. The lowest BCUT2D eigenvalue weighted by molar-refractivity contribution is -0.125. The summed E-state index contributed by atoms with van der Waals surface area (Å²) in [5.41, 5.74) is 3.39. The van der Waals surface area contributed by atoms with Crippen LogP contribution in [0.15, 0.2) is 76.0 Å². The predicted octanol–water partition coefficient (Wildman–Crippen LogP) is 5.52. The number of amidine groups is 2. The van der Waals surface area contributed by atoms with E-state index in [1.54, 1.807) is 11.3 Å². The number of aryl methyl sites for hydroxylation is 1. The number of hydrogen-bond donors (Lipinski definition) is 2. The number of anilines is 1. The van der Waals surface area contributed by atoms with Crippen molar-refractivity contribution in [1.82, 2.24) is 10.2 Å². The number of nitrogens with zero attached hydrogens (tertiary/aromatic N) is 3. The van der Waals surface area contributed by atoms with Gasteiger partial charge in [0.25, 0.3) is 5.91 Å². The molecule has 40 heavy (non-hydrogen) atoms. The maximum Gasteiger partial charge on any atom is 0.259 e. The smallest absolute Gasteiger partial charge is 0.259 e. The average molecular weight is 574 g/mol. The zero-order valence-electron chi connectivity index (χ0n) is 22.4. The molecule has 3 heterocycles. The summed E-state index contributed by atoms with van der Waals surface area (Å²) in [5.74, 6) is 0.0202. The van der Waals surface area contributed by atoms with Crippen LogP contribution in [0.5, 0.6) is 0 Å². The number of para-hydroxylation sites is 1. The van der Waals surface area contributed by atoms with E-state index in [1.807, 2.05) is 73.0 Å². The Bertz CT molecular complexity index is 1450. The maximum atomic E-state index is 13.6. The fraction of sp³-hybridized carbons (Fsp3) is 0.300. The van der Waals surface area contributed by atoms with Crippen LogP contribution in [-0.2, 0) is 27.3 Å². The van der Waals surface area contributed by atoms with Crippen molar-refractivity contribution in [3.05, 3.63) is 82.0 Å². The Morgan fingerprint density at radius 2 is 1.88 bits per heavy atom. The van der Waals surface area contributed by atoms with E-state index in [0.29, 0.717) is 36.1 Å². The molecule has 8 nitrogen and oxygen atoms in total. The van der Waals surface area contributed by atoms with Gasteiger partial charge in [0.2, 0.25) is 11.8 Å². The van der Waals surface area contributed by atoms with Crippen LogP contribution in [0, 0.1) is 0 Å². The SMILES string of the molecule is CCc1ccc(NC(=O)[C@H](CC)SC2=Nc3ccccc3C3=N[C@H](CCC(=O)NCc4cccs4)C(=O)N23)cc1. The number of rotatable bonds is 10. The summed E-state index contributed by atoms with van der Waals surface area (Å²) >= 11 is 2.85. The molecule has 0 saturated carbocycles. The maximum absolute atomic E-state index is 13.6. The van der Waals surface area contributed by atoms with E-state index in [2.05, 4.69) is 17.6 Å². The molecule has 3 aromatic rings. The van der Waals surface area contributed by atoms with Crippen LogP contribution in [0.4, 0.5) is 11.4 Å². The van der Waals surface area contributed by atoms with E-state index < -0.39 is 11.3 Å². The van der Waals surface area contributed by atoms with E-state index in [1.165, 1.54) is 22.2 Å². The molecule has 1 aromatic heterocycles. The van der Waals surface area contributed by atoms with E-state index in [9.17, 15) is 14.4 Å². The largest absolute Gasteiger partial charge is 0.351 e. The molecule has 2 aromatic carbocycles. The van der Waals surface area contributed by atoms with Gasteiger partial charge in [0, 0.05) is 22.5 Å². The van der Waals surface area contributed by atoms with Gasteiger partial charge in [-0.15, -0.1) is 11.3 Å². The first kappa shape index (κ1) is 27.8. The number of aliphatic imine (C=N–C) groups is 2. The molecule has 2 aliphatic rings. The van der Waals surface area contributed by atoms with Gasteiger partial charge >= 0.3 is 0 Å². The monoisotopic (exact) mass is 573 g/mol. The van der Waals surface area contributed by atoms with Gasteiger partial charge in [-0.2, -0.15) is 0 Å². The van der Waals surface area contributed by atoms with Crippen molar-refractivity contribution in [1.29, 1.82) is 0 Å². The number of fused-ring (bicyclic) bond motifs is 3. The van der Waals surface area contributed by atoms with Crippen LogP contribution in [-0.4, -0.2) is 44.9 Å². The lowest BCUT2D eigenvalue weighted by Crippen LogP contribution is -2.42. The fourth-order valence-corrected chi connectivity index (χ4v) is 6.18. The predicted molar refractivity (Wildman–Crippen MR) is 162 cm³/mol. The molecule has 2 atom stereocenters. The van der Waals surface area contributed by atoms with Gasteiger partial charge < -0.3 is 10.6 Å². The highest BCUT2D eigenvalue weighted by Crippen LogP contribution is 2.36. The summed E-state index contributed by atoms with van der Waals surface area (Å²) in [5, 5.41) is 7.83. The van der Waals surface area contributed by atoms with Gasteiger partial charge in [-0.05, 0) is 60.5 Å². The Kier molecular flexibility index (Phi) is 8.76. The molecule has 0 fully saturated rings. The fourth-order valence-electron chi connectivity index (χ4n) is 4.52. The van der Waals surface area contributed by atoms with Gasteiger partial charge in [0.1, 0.15) is 11.9 Å². The number of benzene rings is 2. The molecule has 0 bridgehead atoms. The Balaban J connectivity index is 1.29. The van der Waals surface area contributed by atoms with Gasteiger partial charge in [-0.1, -0.05) is 55.9 Å². The van der Waals surface area contributed by atoms with Crippen LogP contribution < -0.4 is 10.6 Å². The first-order valence-electron chi connectivity index (χ1n) is 13.4. The van der Waals surface area contributed by atoms with Gasteiger partial charge in [0.15, 0.2) is 5.17 Å². The van der Waals surface area contributed by atoms with Crippen LogP contribution in [0.25, 0.3) is 0 Å². The summed E-state index contributed by atoms with van der Waals surface area (Å²) in [6.07, 6.45) is 1.95. The average Bonchev–Trinajstić information content (AvgIpc) is 3.62. The van der Waals surface area contributed by atoms with Crippen molar-refractivity contribution >= 4 is 63.2 Å². The number of thiophene rings is 1.